The summed E-state index contributed by atoms with van der Waals surface area (Å²) in [6.45, 7) is 5.36. The van der Waals surface area contributed by atoms with Crippen molar-refractivity contribution in [1.29, 1.82) is 0 Å². The quantitative estimate of drug-likeness (QED) is 0.143. The van der Waals surface area contributed by atoms with Gasteiger partial charge in [-0.05, 0) is 64.1 Å². The van der Waals surface area contributed by atoms with Crippen molar-refractivity contribution >= 4 is 22.6 Å². The van der Waals surface area contributed by atoms with Crippen LogP contribution in [0.2, 0.25) is 0 Å². The van der Waals surface area contributed by atoms with Crippen LogP contribution in [-0.2, 0) is 15.9 Å². The number of nitrogens with zero attached hydrogens (tertiary/aromatic N) is 2. The molecule has 0 bridgehead atoms. The molecule has 0 saturated carbocycles. The summed E-state index contributed by atoms with van der Waals surface area (Å²) in [4.78, 5) is 28.8. The van der Waals surface area contributed by atoms with E-state index in [4.69, 9.17) is 4.98 Å². The number of carboxylic acids is 1. The number of benzene rings is 5. The molecular weight excluding hydrogens is 586 g/mol. The lowest BCUT2D eigenvalue weighted by Gasteiger charge is -2.37. The van der Waals surface area contributed by atoms with Gasteiger partial charge in [0.05, 0.1) is 12.0 Å². The third-order valence-corrected chi connectivity index (χ3v) is 9.03. The molecule has 0 aliphatic carbocycles. The fourth-order valence-electron chi connectivity index (χ4n) is 6.43. The van der Waals surface area contributed by atoms with Crippen LogP contribution in [0.1, 0.15) is 59.1 Å². The molecule has 1 heterocycles. The van der Waals surface area contributed by atoms with Crippen molar-refractivity contribution in [2.24, 2.45) is 5.92 Å². The number of aliphatic hydroxyl groups is 1. The van der Waals surface area contributed by atoms with E-state index in [0.717, 1.165) is 27.5 Å². The summed E-state index contributed by atoms with van der Waals surface area (Å²) in [6, 6.07) is 40.8. The molecule has 0 aliphatic rings. The van der Waals surface area contributed by atoms with Crippen molar-refractivity contribution < 1.29 is 19.8 Å². The molecule has 7 nitrogen and oxygen atoms in total. The van der Waals surface area contributed by atoms with Crippen molar-refractivity contribution in [3.8, 4) is 0 Å². The minimum Gasteiger partial charge on any atom is -0.480 e. The van der Waals surface area contributed by atoms with Crippen LogP contribution >= 0.6 is 0 Å². The van der Waals surface area contributed by atoms with E-state index in [0.29, 0.717) is 16.8 Å². The van der Waals surface area contributed by atoms with Crippen LogP contribution in [-0.4, -0.2) is 37.7 Å². The molecular formula is C40H37N3O4. The number of aliphatic carboxylic acids is 1. The Bertz CT molecular complexity index is 1930. The van der Waals surface area contributed by atoms with E-state index >= 15 is 0 Å². The highest BCUT2D eigenvalue weighted by molar-refractivity contribution is 6.00. The van der Waals surface area contributed by atoms with Gasteiger partial charge in [-0.15, -0.1) is 0 Å². The summed E-state index contributed by atoms with van der Waals surface area (Å²) < 4.78 is 2.10. The standard InChI is InChI=1S/C40H37N3O4/c1-27(2)40(47,35-22-21-29-23-31(20-19-30(29)24-35)37(44)42-28(3)38(45)46)36-25-43(26-41-36)39(32-13-7-4-8-14-32,33-15-9-5-10-16-33)34-17-11-6-12-18-34/h4-28,47H,1-3H3,(H,42,44)(H,45,46)/t28-,40?/m1/s1. The normalized spacial score (nSPS) is 13.6. The average molecular weight is 624 g/mol. The average Bonchev–Trinajstić information content (AvgIpc) is 3.60. The molecule has 7 heteroatoms. The molecule has 1 amide bonds. The predicted octanol–water partition coefficient (Wildman–Crippen LogP) is 6.97. The molecule has 0 spiro atoms. The van der Waals surface area contributed by atoms with Crippen LogP contribution in [0, 0.1) is 5.92 Å². The first-order valence-electron chi connectivity index (χ1n) is 15.7. The van der Waals surface area contributed by atoms with Crippen LogP contribution in [0.25, 0.3) is 10.8 Å². The Kier molecular flexibility index (Phi) is 8.50. The maximum Gasteiger partial charge on any atom is 0.325 e. The molecule has 6 aromatic rings. The van der Waals surface area contributed by atoms with Crippen LogP contribution in [0.3, 0.4) is 0 Å². The molecule has 5 aromatic carbocycles. The van der Waals surface area contributed by atoms with Gasteiger partial charge in [0.2, 0.25) is 0 Å². The van der Waals surface area contributed by atoms with Gasteiger partial charge in [0.15, 0.2) is 0 Å². The highest BCUT2D eigenvalue weighted by Crippen LogP contribution is 2.43. The number of carbonyl (C=O) groups excluding carboxylic acids is 1. The van der Waals surface area contributed by atoms with E-state index in [1.165, 1.54) is 6.92 Å². The number of nitrogens with one attached hydrogen (secondary N) is 1. The van der Waals surface area contributed by atoms with Crippen LogP contribution < -0.4 is 5.32 Å². The SMILES string of the molecule is CC(C)C(O)(c1ccc2cc(C(=O)N[C@H](C)C(=O)O)ccc2c1)c1cn(C(c2ccccc2)(c2ccccc2)c2ccccc2)cn1. The van der Waals surface area contributed by atoms with E-state index < -0.39 is 29.1 Å². The molecule has 0 aliphatic heterocycles. The first kappa shape index (κ1) is 31.5. The smallest absolute Gasteiger partial charge is 0.325 e. The van der Waals surface area contributed by atoms with Crippen LogP contribution in [0.5, 0.6) is 0 Å². The van der Waals surface area contributed by atoms with Crippen molar-refractivity contribution in [2.45, 2.75) is 38.0 Å². The first-order chi connectivity index (χ1) is 22.6. The van der Waals surface area contributed by atoms with Gasteiger partial charge in [-0.1, -0.05) is 123 Å². The number of carbonyl (C=O) groups is 2. The third kappa shape index (κ3) is 5.59. The number of hydrogen-bond acceptors (Lipinski definition) is 4. The summed E-state index contributed by atoms with van der Waals surface area (Å²) in [5.74, 6) is -1.81. The lowest BCUT2D eigenvalue weighted by molar-refractivity contribution is -0.138. The van der Waals surface area contributed by atoms with Gasteiger partial charge in [-0.3, -0.25) is 9.59 Å². The molecule has 236 valence electrons. The van der Waals surface area contributed by atoms with E-state index in [-0.39, 0.29) is 5.92 Å². The Morgan fingerprint density at radius 2 is 1.21 bits per heavy atom. The van der Waals surface area contributed by atoms with E-state index in [9.17, 15) is 19.8 Å². The maximum absolute atomic E-state index is 12.7. The Labute approximate surface area is 274 Å². The minimum absolute atomic E-state index is 0.245. The van der Waals surface area contributed by atoms with Gasteiger partial charge in [-0.25, -0.2) is 4.98 Å². The Morgan fingerprint density at radius 3 is 1.72 bits per heavy atom. The van der Waals surface area contributed by atoms with Gasteiger partial charge in [0.25, 0.3) is 5.91 Å². The lowest BCUT2D eigenvalue weighted by atomic mass is 9.76. The van der Waals surface area contributed by atoms with Crippen LogP contribution in [0.15, 0.2) is 140 Å². The van der Waals surface area contributed by atoms with Gasteiger partial charge < -0.3 is 20.1 Å². The molecule has 3 N–H and O–H groups in total. The Balaban J connectivity index is 1.47. The minimum atomic E-state index is -1.44. The maximum atomic E-state index is 12.7. The van der Waals surface area contributed by atoms with Crippen molar-refractivity contribution in [1.82, 2.24) is 14.9 Å². The number of imidazole rings is 1. The molecule has 1 unspecified atom stereocenters. The molecule has 0 radical (unpaired) electrons. The summed E-state index contributed by atoms with van der Waals surface area (Å²) >= 11 is 0. The monoisotopic (exact) mass is 623 g/mol. The van der Waals surface area contributed by atoms with Gasteiger partial charge in [0.1, 0.15) is 17.2 Å². The second-order valence-electron chi connectivity index (χ2n) is 12.2. The van der Waals surface area contributed by atoms with E-state index in [2.05, 4.69) is 46.3 Å². The largest absolute Gasteiger partial charge is 0.480 e. The molecule has 1 aromatic heterocycles. The van der Waals surface area contributed by atoms with Gasteiger partial charge in [0, 0.05) is 11.8 Å². The summed E-state index contributed by atoms with van der Waals surface area (Å²) in [6.07, 6.45) is 3.76. The molecule has 0 saturated heterocycles. The summed E-state index contributed by atoms with van der Waals surface area (Å²) in [5, 5.41) is 25.9. The van der Waals surface area contributed by atoms with Crippen molar-refractivity contribution in [3.63, 3.8) is 0 Å². The third-order valence-electron chi connectivity index (χ3n) is 9.03. The van der Waals surface area contributed by atoms with E-state index in [1.807, 2.05) is 98.9 Å². The number of rotatable bonds is 10. The van der Waals surface area contributed by atoms with E-state index in [1.54, 1.807) is 18.5 Å². The zero-order chi connectivity index (χ0) is 33.2. The fourth-order valence-corrected chi connectivity index (χ4v) is 6.43. The Hall–Kier alpha value is -5.53. The first-order valence-corrected chi connectivity index (χ1v) is 15.7. The second-order valence-corrected chi connectivity index (χ2v) is 12.2. The number of carboxylic acid groups (broad SMARTS) is 1. The topological polar surface area (TPSA) is 104 Å². The molecule has 47 heavy (non-hydrogen) atoms. The zero-order valence-corrected chi connectivity index (χ0v) is 26.5. The summed E-state index contributed by atoms with van der Waals surface area (Å²) in [5.41, 5.74) is 2.49. The summed E-state index contributed by atoms with van der Waals surface area (Å²) in [7, 11) is 0. The van der Waals surface area contributed by atoms with Crippen molar-refractivity contribution in [2.75, 3.05) is 0 Å². The second kappa shape index (κ2) is 12.7. The number of hydrogen-bond donors (Lipinski definition) is 3. The van der Waals surface area contributed by atoms with Gasteiger partial charge >= 0.3 is 5.97 Å². The Morgan fingerprint density at radius 1 is 0.702 bits per heavy atom. The number of fused-ring (bicyclic) bond motifs is 1. The molecule has 0 fully saturated rings. The van der Waals surface area contributed by atoms with Crippen LogP contribution in [0.4, 0.5) is 0 Å². The lowest BCUT2D eigenvalue weighted by Crippen LogP contribution is -2.38. The molecule has 2 atom stereocenters. The molecule has 6 rings (SSSR count). The van der Waals surface area contributed by atoms with Gasteiger partial charge in [-0.2, -0.15) is 0 Å². The predicted molar refractivity (Wildman–Crippen MR) is 183 cm³/mol. The highest BCUT2D eigenvalue weighted by Gasteiger charge is 2.42. The fraction of sp³-hybridized carbons (Fsp3) is 0.175. The number of aromatic nitrogens is 2. The highest BCUT2D eigenvalue weighted by atomic mass is 16.4. The number of amides is 1. The zero-order valence-electron chi connectivity index (χ0n) is 26.5. The van der Waals surface area contributed by atoms with Crippen molar-refractivity contribution in [3.05, 3.63) is 173 Å².